The van der Waals surface area contributed by atoms with E-state index in [1.54, 1.807) is 12.1 Å². The van der Waals surface area contributed by atoms with Gasteiger partial charge in [-0.15, -0.1) is 0 Å². The lowest BCUT2D eigenvalue weighted by molar-refractivity contribution is -0.158. The number of rotatable bonds is 3. The summed E-state index contributed by atoms with van der Waals surface area (Å²) in [4.78, 5) is 29.7. The Hall–Kier alpha value is -2.32. The van der Waals surface area contributed by atoms with E-state index in [9.17, 15) is 22.8 Å². The van der Waals surface area contributed by atoms with Crippen molar-refractivity contribution in [3.63, 3.8) is 0 Å². The molecule has 3 amide bonds. The Labute approximate surface area is 124 Å². The van der Waals surface area contributed by atoms with Gasteiger partial charge in [-0.1, -0.05) is 0 Å². The molecule has 120 valence electrons. The fraction of sp³-hybridized carbons (Fsp3) is 0.462. The van der Waals surface area contributed by atoms with Crippen molar-refractivity contribution in [2.75, 3.05) is 25.5 Å². The van der Waals surface area contributed by atoms with Crippen molar-refractivity contribution in [2.24, 2.45) is 0 Å². The zero-order valence-electron chi connectivity index (χ0n) is 11.8. The van der Waals surface area contributed by atoms with Gasteiger partial charge in [0, 0.05) is 19.8 Å². The summed E-state index contributed by atoms with van der Waals surface area (Å²) in [5, 5.41) is 2.53. The van der Waals surface area contributed by atoms with Crippen LogP contribution in [0.3, 0.4) is 0 Å². The molecule has 1 saturated heterocycles. The second kappa shape index (κ2) is 6.20. The van der Waals surface area contributed by atoms with Gasteiger partial charge in [-0.05, 0) is 18.6 Å². The predicted octanol–water partition coefficient (Wildman–Crippen LogP) is 1.71. The van der Waals surface area contributed by atoms with Crippen LogP contribution in [0.25, 0.3) is 0 Å². The number of hydrogen-bond acceptors (Lipinski definition) is 3. The molecule has 1 aromatic rings. The molecule has 2 rings (SSSR count). The highest BCUT2D eigenvalue weighted by molar-refractivity contribution is 5.94. The van der Waals surface area contributed by atoms with Gasteiger partial charge in [-0.25, -0.2) is 4.79 Å². The Morgan fingerprint density at radius 2 is 2.27 bits per heavy atom. The van der Waals surface area contributed by atoms with Crippen LogP contribution in [0.5, 0.6) is 0 Å². The molecular formula is C13H15F3N4O2. The van der Waals surface area contributed by atoms with E-state index in [0.29, 0.717) is 5.69 Å². The molecular weight excluding hydrogens is 301 g/mol. The van der Waals surface area contributed by atoms with E-state index in [1.165, 1.54) is 19.4 Å². The minimum absolute atomic E-state index is 0.0203. The zero-order chi connectivity index (χ0) is 16.3. The number of halogens is 3. The molecule has 1 aromatic heterocycles. The predicted molar refractivity (Wildman–Crippen MR) is 72.1 cm³/mol. The quantitative estimate of drug-likeness (QED) is 0.923. The highest BCUT2D eigenvalue weighted by atomic mass is 19.4. The van der Waals surface area contributed by atoms with Gasteiger partial charge in [0.25, 0.3) is 0 Å². The molecule has 0 radical (unpaired) electrons. The fourth-order valence-corrected chi connectivity index (χ4v) is 2.25. The van der Waals surface area contributed by atoms with Crippen LogP contribution in [0.2, 0.25) is 0 Å². The van der Waals surface area contributed by atoms with E-state index in [2.05, 4.69) is 10.3 Å². The first-order chi connectivity index (χ1) is 10.3. The van der Waals surface area contributed by atoms with Crippen LogP contribution in [0, 0.1) is 0 Å². The number of nitrogens with zero attached hydrogens (tertiary/aromatic N) is 3. The first kappa shape index (κ1) is 16.1. The number of hydrogen-bond donors (Lipinski definition) is 1. The second-order valence-electron chi connectivity index (χ2n) is 4.96. The third kappa shape index (κ3) is 3.86. The summed E-state index contributed by atoms with van der Waals surface area (Å²) < 4.78 is 37.1. The number of anilines is 1. The summed E-state index contributed by atoms with van der Waals surface area (Å²) >= 11 is 0. The van der Waals surface area contributed by atoms with Gasteiger partial charge in [0.05, 0.1) is 11.9 Å². The Morgan fingerprint density at radius 3 is 2.86 bits per heavy atom. The molecule has 0 aliphatic carbocycles. The van der Waals surface area contributed by atoms with E-state index in [-0.39, 0.29) is 13.0 Å². The Morgan fingerprint density at radius 1 is 1.55 bits per heavy atom. The first-order valence-corrected chi connectivity index (χ1v) is 6.57. The molecule has 0 aromatic carbocycles. The maximum Gasteiger partial charge on any atom is 0.406 e. The second-order valence-corrected chi connectivity index (χ2v) is 4.96. The van der Waals surface area contributed by atoms with Crippen molar-refractivity contribution in [3.8, 4) is 0 Å². The molecule has 22 heavy (non-hydrogen) atoms. The van der Waals surface area contributed by atoms with Crippen molar-refractivity contribution in [1.82, 2.24) is 14.8 Å². The monoisotopic (exact) mass is 316 g/mol. The molecule has 1 unspecified atom stereocenters. The van der Waals surface area contributed by atoms with E-state index in [4.69, 9.17) is 0 Å². The maximum atomic E-state index is 12.4. The standard InChI is InChI=1S/C13H15F3N4O2/c1-19(12(22)18-9-3-2-5-17-7-9)10-4-6-20(11(10)21)8-13(14,15)16/h2-3,5,7,10H,4,6,8H2,1H3,(H,18,22). The van der Waals surface area contributed by atoms with Crippen molar-refractivity contribution in [1.29, 1.82) is 0 Å². The molecule has 1 aliphatic rings. The number of carbonyl (C=O) groups is 2. The van der Waals surface area contributed by atoms with Gasteiger partial charge in [0.15, 0.2) is 0 Å². The van der Waals surface area contributed by atoms with Crippen LogP contribution < -0.4 is 5.32 Å². The average molecular weight is 316 g/mol. The maximum absolute atomic E-state index is 12.4. The third-order valence-corrected chi connectivity index (χ3v) is 3.34. The molecule has 6 nitrogen and oxygen atoms in total. The van der Waals surface area contributed by atoms with Gasteiger partial charge in [0.2, 0.25) is 5.91 Å². The molecule has 9 heteroatoms. The van der Waals surface area contributed by atoms with Crippen LogP contribution in [0.1, 0.15) is 6.42 Å². The lowest BCUT2D eigenvalue weighted by Gasteiger charge is -2.24. The number of amides is 3. The van der Waals surface area contributed by atoms with Crippen LogP contribution in [-0.4, -0.2) is 59.1 Å². The van der Waals surface area contributed by atoms with Crippen molar-refractivity contribution < 1.29 is 22.8 Å². The van der Waals surface area contributed by atoms with E-state index < -0.39 is 30.7 Å². The van der Waals surface area contributed by atoms with Crippen LogP contribution in [0.4, 0.5) is 23.7 Å². The summed E-state index contributed by atoms with van der Waals surface area (Å²) in [6, 6.07) is 1.78. The normalized spacial score (nSPS) is 18.5. The highest BCUT2D eigenvalue weighted by Crippen LogP contribution is 2.23. The fourth-order valence-electron chi connectivity index (χ4n) is 2.25. The third-order valence-electron chi connectivity index (χ3n) is 3.34. The number of alkyl halides is 3. The molecule has 1 fully saturated rings. The topological polar surface area (TPSA) is 65.5 Å². The number of urea groups is 1. The Balaban J connectivity index is 1.97. The summed E-state index contributed by atoms with van der Waals surface area (Å²) in [6.07, 6.45) is -1.31. The molecule has 0 bridgehead atoms. The number of likely N-dealkylation sites (tertiary alicyclic amines) is 1. The molecule has 1 aliphatic heterocycles. The average Bonchev–Trinajstić information content (AvgIpc) is 2.78. The van der Waals surface area contributed by atoms with Gasteiger partial charge < -0.3 is 15.1 Å². The van der Waals surface area contributed by atoms with Crippen LogP contribution >= 0.6 is 0 Å². The molecule has 2 heterocycles. The number of carbonyl (C=O) groups excluding carboxylic acids is 2. The minimum atomic E-state index is -4.44. The van der Waals surface area contributed by atoms with E-state index in [1.807, 2.05) is 0 Å². The summed E-state index contributed by atoms with van der Waals surface area (Å²) in [7, 11) is 1.38. The molecule has 0 saturated carbocycles. The number of nitrogens with one attached hydrogen (secondary N) is 1. The first-order valence-electron chi connectivity index (χ1n) is 6.57. The zero-order valence-corrected chi connectivity index (χ0v) is 11.8. The summed E-state index contributed by atoms with van der Waals surface area (Å²) in [5.74, 6) is -0.693. The van der Waals surface area contributed by atoms with Gasteiger partial charge in [0.1, 0.15) is 12.6 Å². The van der Waals surface area contributed by atoms with Gasteiger partial charge in [-0.3, -0.25) is 9.78 Å². The molecule has 1 atom stereocenters. The van der Waals surface area contributed by atoms with Crippen LogP contribution in [0.15, 0.2) is 24.5 Å². The Bertz CT molecular complexity index is 550. The number of pyridine rings is 1. The largest absolute Gasteiger partial charge is 0.406 e. The van der Waals surface area contributed by atoms with Crippen molar-refractivity contribution >= 4 is 17.6 Å². The number of likely N-dealkylation sites (N-methyl/N-ethyl adjacent to an activating group) is 1. The summed E-state index contributed by atoms with van der Waals surface area (Å²) in [6.45, 7) is -1.31. The van der Waals surface area contributed by atoms with Crippen LogP contribution in [-0.2, 0) is 4.79 Å². The SMILES string of the molecule is CN(C(=O)Nc1cccnc1)C1CCN(CC(F)(F)F)C1=O. The van der Waals surface area contributed by atoms with E-state index in [0.717, 1.165) is 9.80 Å². The lowest BCUT2D eigenvalue weighted by Crippen LogP contribution is -2.46. The van der Waals surface area contributed by atoms with Crippen molar-refractivity contribution in [3.05, 3.63) is 24.5 Å². The van der Waals surface area contributed by atoms with Gasteiger partial charge in [-0.2, -0.15) is 13.2 Å². The smallest absolute Gasteiger partial charge is 0.332 e. The minimum Gasteiger partial charge on any atom is -0.332 e. The highest BCUT2D eigenvalue weighted by Gasteiger charge is 2.41. The molecule has 1 N–H and O–H groups in total. The van der Waals surface area contributed by atoms with E-state index >= 15 is 0 Å². The Kier molecular flexibility index (Phi) is 4.53. The lowest BCUT2D eigenvalue weighted by atomic mass is 10.2. The number of aromatic nitrogens is 1. The molecule has 0 spiro atoms. The summed E-state index contributed by atoms with van der Waals surface area (Å²) in [5.41, 5.74) is 0.442. The van der Waals surface area contributed by atoms with Crippen molar-refractivity contribution in [2.45, 2.75) is 18.6 Å². The van der Waals surface area contributed by atoms with Gasteiger partial charge >= 0.3 is 12.2 Å².